The predicted molar refractivity (Wildman–Crippen MR) is 71.3 cm³/mol. The van der Waals surface area contributed by atoms with Gasteiger partial charge >= 0.3 is 0 Å². The molecule has 0 saturated heterocycles. The van der Waals surface area contributed by atoms with Gasteiger partial charge in [0.2, 0.25) is 0 Å². The highest BCUT2D eigenvalue weighted by Gasteiger charge is 2.16. The average Bonchev–Trinajstić information content (AvgIpc) is 2.32. The van der Waals surface area contributed by atoms with E-state index in [1.54, 1.807) is 0 Å². The highest BCUT2D eigenvalue weighted by molar-refractivity contribution is 5.92. The zero-order valence-electron chi connectivity index (χ0n) is 10.7. The van der Waals surface area contributed by atoms with Crippen molar-refractivity contribution in [1.29, 1.82) is 5.41 Å². The molecule has 1 unspecified atom stereocenters. The van der Waals surface area contributed by atoms with Crippen molar-refractivity contribution in [2.75, 3.05) is 0 Å². The highest BCUT2D eigenvalue weighted by Crippen LogP contribution is 2.24. The fourth-order valence-electron chi connectivity index (χ4n) is 2.56. The van der Waals surface area contributed by atoms with E-state index in [1.807, 2.05) is 12.2 Å². The summed E-state index contributed by atoms with van der Waals surface area (Å²) in [6.07, 6.45) is 14.7. The minimum absolute atomic E-state index is 0.406. The topological polar surface area (TPSA) is 33.1 Å². The van der Waals surface area contributed by atoms with E-state index in [0.29, 0.717) is 12.0 Å². The molecule has 0 amide bonds. The Morgan fingerprint density at radius 3 is 2.71 bits per heavy atom. The summed E-state index contributed by atoms with van der Waals surface area (Å²) in [6, 6.07) is 0. The van der Waals surface area contributed by atoms with Gasteiger partial charge < -0.3 is 10.1 Å². The zero-order chi connectivity index (χ0) is 12.1. The Balaban J connectivity index is 1.95. The lowest BCUT2D eigenvalue weighted by Gasteiger charge is -2.24. The van der Waals surface area contributed by atoms with Gasteiger partial charge in [0, 0.05) is 5.71 Å². The third-order valence-corrected chi connectivity index (χ3v) is 3.59. The first-order chi connectivity index (χ1) is 8.24. The van der Waals surface area contributed by atoms with Crippen molar-refractivity contribution in [3.05, 3.63) is 24.0 Å². The number of nitrogens with one attached hydrogen (secondary N) is 1. The fraction of sp³-hybridized carbons (Fsp3) is 0.667. The van der Waals surface area contributed by atoms with Gasteiger partial charge in [0.1, 0.15) is 5.76 Å². The molecule has 0 aliphatic heterocycles. The smallest absolute Gasteiger partial charge is 0.115 e. The lowest BCUT2D eigenvalue weighted by molar-refractivity contribution is 0.0891. The molecule has 1 N–H and O–H groups in total. The van der Waals surface area contributed by atoms with Crippen LogP contribution in [0, 0.1) is 11.3 Å². The molecule has 2 rings (SSSR count). The van der Waals surface area contributed by atoms with Crippen LogP contribution in [0.2, 0.25) is 0 Å². The molecular formula is C15H23NO. The molecule has 0 aromatic rings. The van der Waals surface area contributed by atoms with E-state index in [9.17, 15) is 0 Å². The Kier molecular flexibility index (Phi) is 4.41. The van der Waals surface area contributed by atoms with Gasteiger partial charge in [0.15, 0.2) is 0 Å². The number of allylic oxidation sites excluding steroid dienone is 3. The normalized spacial score (nSPS) is 29.1. The number of hydrogen-bond donors (Lipinski definition) is 1. The summed E-state index contributed by atoms with van der Waals surface area (Å²) in [6.45, 7) is 2.20. The molecule has 94 valence electrons. The summed E-state index contributed by atoms with van der Waals surface area (Å²) in [5.74, 6) is 1.53. The molecule has 0 spiro atoms. The van der Waals surface area contributed by atoms with E-state index in [-0.39, 0.29) is 0 Å². The van der Waals surface area contributed by atoms with Gasteiger partial charge in [-0.2, -0.15) is 0 Å². The molecular weight excluding hydrogens is 210 g/mol. The summed E-state index contributed by atoms with van der Waals surface area (Å²) in [5.41, 5.74) is 0.718. The van der Waals surface area contributed by atoms with Crippen molar-refractivity contribution in [3.63, 3.8) is 0 Å². The quantitative estimate of drug-likeness (QED) is 0.761. The van der Waals surface area contributed by atoms with Gasteiger partial charge in [-0.1, -0.05) is 13.3 Å². The minimum Gasteiger partial charge on any atom is -0.491 e. The van der Waals surface area contributed by atoms with E-state index in [0.717, 1.165) is 24.3 Å². The molecule has 1 saturated carbocycles. The summed E-state index contributed by atoms with van der Waals surface area (Å²) >= 11 is 0. The van der Waals surface area contributed by atoms with Crippen LogP contribution >= 0.6 is 0 Å². The molecule has 2 aliphatic carbocycles. The van der Waals surface area contributed by atoms with Gasteiger partial charge in [0.05, 0.1) is 6.10 Å². The van der Waals surface area contributed by atoms with Crippen LogP contribution in [-0.2, 0) is 4.74 Å². The summed E-state index contributed by atoms with van der Waals surface area (Å²) < 4.78 is 6.04. The number of hydrogen-bond acceptors (Lipinski definition) is 2. The van der Waals surface area contributed by atoms with Crippen LogP contribution in [0.5, 0.6) is 0 Å². The monoisotopic (exact) mass is 233 g/mol. The largest absolute Gasteiger partial charge is 0.491 e. The van der Waals surface area contributed by atoms with Gasteiger partial charge in [-0.25, -0.2) is 0 Å². The van der Waals surface area contributed by atoms with E-state index in [4.69, 9.17) is 10.1 Å². The lowest BCUT2D eigenvalue weighted by Crippen LogP contribution is -2.16. The first-order valence-corrected chi connectivity index (χ1v) is 6.86. The van der Waals surface area contributed by atoms with Gasteiger partial charge in [0.25, 0.3) is 0 Å². The Morgan fingerprint density at radius 2 is 1.94 bits per heavy atom. The lowest BCUT2D eigenvalue weighted by atomic mass is 9.96. The molecule has 1 fully saturated rings. The second-order valence-corrected chi connectivity index (χ2v) is 5.39. The predicted octanol–water partition coefficient (Wildman–Crippen LogP) is 4.23. The maximum Gasteiger partial charge on any atom is 0.115 e. The second kappa shape index (κ2) is 6.04. The molecule has 2 aliphatic rings. The maximum absolute atomic E-state index is 7.80. The second-order valence-electron chi connectivity index (χ2n) is 5.39. The fourth-order valence-corrected chi connectivity index (χ4v) is 2.56. The molecule has 0 bridgehead atoms. The molecule has 1 atom stereocenters. The molecule has 2 nitrogen and oxygen atoms in total. The zero-order valence-corrected chi connectivity index (χ0v) is 10.7. The molecule has 2 heteroatoms. The average molecular weight is 233 g/mol. The van der Waals surface area contributed by atoms with Crippen LogP contribution in [-0.4, -0.2) is 11.8 Å². The molecule has 0 radical (unpaired) electrons. The maximum atomic E-state index is 7.80. The van der Waals surface area contributed by atoms with Crippen molar-refractivity contribution >= 4 is 5.71 Å². The van der Waals surface area contributed by atoms with Crippen LogP contribution < -0.4 is 0 Å². The Morgan fingerprint density at radius 1 is 1.18 bits per heavy atom. The standard InChI is InChI=1S/C15H23NO/c1-12-7-9-15(10-8-13(16)11-12)17-14-5-3-2-4-6-14/h8-10,12,14,16H,2-7,11H2,1H3/b10-8-,15-9?,16-13?. The number of rotatable bonds is 2. The van der Waals surface area contributed by atoms with Crippen LogP contribution in [0.1, 0.15) is 51.9 Å². The minimum atomic E-state index is 0.406. The van der Waals surface area contributed by atoms with Gasteiger partial charge in [-0.3, -0.25) is 0 Å². The van der Waals surface area contributed by atoms with E-state index < -0.39 is 0 Å². The Bertz CT molecular complexity index is 324. The molecule has 0 aromatic carbocycles. The van der Waals surface area contributed by atoms with E-state index in [1.165, 1.54) is 32.1 Å². The van der Waals surface area contributed by atoms with Gasteiger partial charge in [-0.15, -0.1) is 0 Å². The molecule has 17 heavy (non-hydrogen) atoms. The molecule has 0 aromatic heterocycles. The van der Waals surface area contributed by atoms with Gasteiger partial charge in [-0.05, 0) is 62.7 Å². The van der Waals surface area contributed by atoms with E-state index in [2.05, 4.69) is 13.0 Å². The van der Waals surface area contributed by atoms with Crippen LogP contribution in [0.15, 0.2) is 24.0 Å². The Hall–Kier alpha value is -1.05. The highest BCUT2D eigenvalue weighted by atomic mass is 16.5. The van der Waals surface area contributed by atoms with Crippen molar-refractivity contribution < 1.29 is 4.74 Å². The van der Waals surface area contributed by atoms with Crippen LogP contribution in [0.3, 0.4) is 0 Å². The first-order valence-electron chi connectivity index (χ1n) is 6.86. The van der Waals surface area contributed by atoms with Crippen molar-refractivity contribution in [1.82, 2.24) is 0 Å². The summed E-state index contributed by atoms with van der Waals surface area (Å²) in [4.78, 5) is 0. The van der Waals surface area contributed by atoms with Crippen molar-refractivity contribution in [3.8, 4) is 0 Å². The van der Waals surface area contributed by atoms with Crippen LogP contribution in [0.25, 0.3) is 0 Å². The first kappa shape index (κ1) is 12.4. The van der Waals surface area contributed by atoms with Crippen molar-refractivity contribution in [2.45, 2.75) is 58.0 Å². The third-order valence-electron chi connectivity index (χ3n) is 3.59. The summed E-state index contributed by atoms with van der Waals surface area (Å²) in [5, 5.41) is 7.80. The van der Waals surface area contributed by atoms with Crippen LogP contribution in [0.4, 0.5) is 0 Å². The summed E-state index contributed by atoms with van der Waals surface area (Å²) in [7, 11) is 0. The molecule has 0 heterocycles. The number of ether oxygens (including phenoxy) is 1. The third kappa shape index (κ3) is 4.03. The van der Waals surface area contributed by atoms with E-state index >= 15 is 0 Å². The van der Waals surface area contributed by atoms with Crippen molar-refractivity contribution in [2.24, 2.45) is 5.92 Å². The SMILES string of the molecule is CC1CC=C(OC2CCCCC2)/C=C\C(=N)C1. The Labute approximate surface area is 104 Å².